The Morgan fingerprint density at radius 1 is 1.24 bits per heavy atom. The molecular formula is C14H20N4O2S. The first-order valence-corrected chi connectivity index (χ1v) is 8.26. The summed E-state index contributed by atoms with van der Waals surface area (Å²) in [6, 6.07) is 7.30. The van der Waals surface area contributed by atoms with Gasteiger partial charge in [0.25, 0.3) is 0 Å². The van der Waals surface area contributed by atoms with E-state index in [2.05, 4.69) is 20.2 Å². The predicted molar refractivity (Wildman–Crippen MR) is 81.0 cm³/mol. The average Bonchev–Trinajstić information content (AvgIpc) is 2.97. The van der Waals surface area contributed by atoms with E-state index in [1.165, 1.54) is 0 Å². The lowest BCUT2D eigenvalue weighted by Gasteiger charge is -2.13. The fourth-order valence-electron chi connectivity index (χ4n) is 1.86. The van der Waals surface area contributed by atoms with Crippen molar-refractivity contribution in [2.24, 2.45) is 0 Å². The zero-order valence-corrected chi connectivity index (χ0v) is 12.9. The van der Waals surface area contributed by atoms with Crippen LogP contribution in [0.25, 0.3) is 0 Å². The molecule has 0 aliphatic rings. The lowest BCUT2D eigenvalue weighted by atomic mass is 10.2. The second-order valence-electron chi connectivity index (χ2n) is 5.07. The van der Waals surface area contributed by atoms with E-state index in [9.17, 15) is 8.42 Å². The summed E-state index contributed by atoms with van der Waals surface area (Å²) in [5.41, 5.74) is 1.54. The van der Waals surface area contributed by atoms with Crippen LogP contribution < -0.4 is 10.0 Å². The molecule has 21 heavy (non-hydrogen) atoms. The van der Waals surface area contributed by atoms with Crippen molar-refractivity contribution in [2.45, 2.75) is 37.9 Å². The Kier molecular flexibility index (Phi) is 5.11. The Balaban J connectivity index is 2.15. The first kappa shape index (κ1) is 15.7. The predicted octanol–water partition coefficient (Wildman–Crippen LogP) is 1.39. The van der Waals surface area contributed by atoms with Crippen LogP contribution in [-0.4, -0.2) is 24.7 Å². The van der Waals surface area contributed by atoms with Crippen LogP contribution >= 0.6 is 0 Å². The van der Waals surface area contributed by atoms with Crippen molar-refractivity contribution in [3.8, 4) is 0 Å². The van der Waals surface area contributed by atoms with Gasteiger partial charge in [-0.25, -0.2) is 13.1 Å². The second kappa shape index (κ2) is 6.84. The monoisotopic (exact) mass is 308 g/mol. The number of nitrogens with one attached hydrogen (secondary N) is 3. The van der Waals surface area contributed by atoms with Crippen molar-refractivity contribution >= 4 is 10.0 Å². The molecule has 114 valence electrons. The first-order valence-electron chi connectivity index (χ1n) is 6.77. The molecule has 2 rings (SSSR count). The number of sulfonamides is 1. The standard InChI is InChI=1S/C14H20N4O2S/c1-11(2)15-10-13-5-3-4-6-14(13)21(19,20)18-9-12-7-16-17-8-12/h3-8,11,15,18H,9-10H2,1-2H3,(H,16,17). The van der Waals surface area contributed by atoms with Gasteiger partial charge < -0.3 is 5.32 Å². The topological polar surface area (TPSA) is 86.9 Å². The van der Waals surface area contributed by atoms with Crippen LogP contribution in [-0.2, 0) is 23.1 Å². The molecule has 0 radical (unpaired) electrons. The summed E-state index contributed by atoms with van der Waals surface area (Å²) >= 11 is 0. The minimum Gasteiger partial charge on any atom is -0.310 e. The van der Waals surface area contributed by atoms with E-state index in [0.29, 0.717) is 17.5 Å². The Morgan fingerprint density at radius 2 is 2.00 bits per heavy atom. The van der Waals surface area contributed by atoms with Gasteiger partial charge in [-0.2, -0.15) is 5.10 Å². The highest BCUT2D eigenvalue weighted by molar-refractivity contribution is 7.89. The SMILES string of the molecule is CC(C)NCc1ccccc1S(=O)(=O)NCc1cn[nH]c1. The number of aromatic nitrogens is 2. The number of aromatic amines is 1. The molecule has 0 saturated carbocycles. The third-order valence-corrected chi connectivity index (χ3v) is 4.49. The maximum Gasteiger partial charge on any atom is 0.241 e. The van der Waals surface area contributed by atoms with Crippen molar-refractivity contribution in [3.63, 3.8) is 0 Å². The van der Waals surface area contributed by atoms with Crippen LogP contribution in [0.4, 0.5) is 0 Å². The maximum absolute atomic E-state index is 12.4. The fourth-order valence-corrected chi connectivity index (χ4v) is 3.11. The molecule has 6 nitrogen and oxygen atoms in total. The van der Waals surface area contributed by atoms with Crippen molar-refractivity contribution < 1.29 is 8.42 Å². The Hall–Kier alpha value is -1.70. The smallest absolute Gasteiger partial charge is 0.241 e. The second-order valence-corrected chi connectivity index (χ2v) is 6.81. The van der Waals surface area contributed by atoms with Crippen molar-refractivity contribution in [1.82, 2.24) is 20.2 Å². The van der Waals surface area contributed by atoms with Crippen LogP contribution in [0.3, 0.4) is 0 Å². The summed E-state index contributed by atoms with van der Waals surface area (Å²) in [6.45, 7) is 4.77. The van der Waals surface area contributed by atoms with Crippen molar-refractivity contribution in [3.05, 3.63) is 47.8 Å². The van der Waals surface area contributed by atoms with Crippen LogP contribution in [0, 0.1) is 0 Å². The minimum absolute atomic E-state index is 0.213. The molecule has 0 aliphatic carbocycles. The van der Waals surface area contributed by atoms with Gasteiger partial charge >= 0.3 is 0 Å². The summed E-state index contributed by atoms with van der Waals surface area (Å²) in [5.74, 6) is 0. The summed E-state index contributed by atoms with van der Waals surface area (Å²) < 4.78 is 27.4. The lowest BCUT2D eigenvalue weighted by molar-refractivity contribution is 0.568. The highest BCUT2D eigenvalue weighted by Crippen LogP contribution is 2.15. The molecule has 0 bridgehead atoms. The molecule has 0 unspecified atom stereocenters. The van der Waals surface area contributed by atoms with Gasteiger partial charge in [0.1, 0.15) is 0 Å². The molecule has 2 aromatic rings. The molecule has 1 aromatic heterocycles. The number of hydrogen-bond acceptors (Lipinski definition) is 4. The third-order valence-electron chi connectivity index (χ3n) is 2.98. The van der Waals surface area contributed by atoms with Gasteiger partial charge in [-0.3, -0.25) is 5.10 Å². The van der Waals surface area contributed by atoms with Crippen LogP contribution in [0.5, 0.6) is 0 Å². The molecular weight excluding hydrogens is 288 g/mol. The van der Waals surface area contributed by atoms with Gasteiger partial charge in [0.2, 0.25) is 10.0 Å². The summed E-state index contributed by atoms with van der Waals surface area (Å²) in [7, 11) is -3.55. The third kappa shape index (κ3) is 4.38. The normalized spacial score (nSPS) is 12.0. The van der Waals surface area contributed by atoms with Gasteiger partial charge in [0, 0.05) is 30.9 Å². The minimum atomic E-state index is -3.55. The van der Waals surface area contributed by atoms with E-state index in [0.717, 1.165) is 11.1 Å². The Morgan fingerprint density at radius 3 is 2.67 bits per heavy atom. The van der Waals surface area contributed by atoms with Crippen LogP contribution in [0.1, 0.15) is 25.0 Å². The Bertz CT molecular complexity index is 666. The van der Waals surface area contributed by atoms with Crippen molar-refractivity contribution in [2.75, 3.05) is 0 Å². The van der Waals surface area contributed by atoms with E-state index in [4.69, 9.17) is 0 Å². The molecule has 0 amide bonds. The molecule has 0 saturated heterocycles. The summed E-state index contributed by atoms with van der Waals surface area (Å²) in [4.78, 5) is 0.307. The average molecular weight is 308 g/mol. The quantitative estimate of drug-likeness (QED) is 0.721. The van der Waals surface area contributed by atoms with Gasteiger partial charge in [-0.15, -0.1) is 0 Å². The molecule has 0 fully saturated rings. The van der Waals surface area contributed by atoms with Gasteiger partial charge in [-0.05, 0) is 11.6 Å². The maximum atomic E-state index is 12.4. The summed E-state index contributed by atoms with van der Waals surface area (Å²) in [5, 5.41) is 9.68. The van der Waals surface area contributed by atoms with E-state index < -0.39 is 10.0 Å². The number of nitrogens with zero attached hydrogens (tertiary/aromatic N) is 1. The fraction of sp³-hybridized carbons (Fsp3) is 0.357. The molecule has 3 N–H and O–H groups in total. The van der Waals surface area contributed by atoms with E-state index in [-0.39, 0.29) is 6.54 Å². The van der Waals surface area contributed by atoms with Crippen molar-refractivity contribution in [1.29, 1.82) is 0 Å². The lowest BCUT2D eigenvalue weighted by Crippen LogP contribution is -2.27. The number of rotatable bonds is 7. The molecule has 0 aliphatic heterocycles. The van der Waals surface area contributed by atoms with Crippen LogP contribution in [0.15, 0.2) is 41.6 Å². The number of hydrogen-bond donors (Lipinski definition) is 3. The van der Waals surface area contributed by atoms with Gasteiger partial charge in [0.05, 0.1) is 11.1 Å². The highest BCUT2D eigenvalue weighted by Gasteiger charge is 2.17. The van der Waals surface area contributed by atoms with Crippen LogP contribution in [0.2, 0.25) is 0 Å². The van der Waals surface area contributed by atoms with Gasteiger partial charge in [0.15, 0.2) is 0 Å². The first-order chi connectivity index (χ1) is 9.99. The molecule has 1 aromatic carbocycles. The Labute approximate surface area is 125 Å². The summed E-state index contributed by atoms with van der Waals surface area (Å²) in [6.07, 6.45) is 3.25. The van der Waals surface area contributed by atoms with E-state index in [1.54, 1.807) is 24.5 Å². The molecule has 1 heterocycles. The molecule has 0 atom stereocenters. The largest absolute Gasteiger partial charge is 0.310 e. The number of benzene rings is 1. The molecule has 0 spiro atoms. The number of H-pyrrole nitrogens is 1. The van der Waals surface area contributed by atoms with E-state index >= 15 is 0 Å². The zero-order chi connectivity index (χ0) is 15.3. The molecule has 7 heteroatoms. The zero-order valence-electron chi connectivity index (χ0n) is 12.1. The van der Waals surface area contributed by atoms with E-state index in [1.807, 2.05) is 26.0 Å². The highest BCUT2D eigenvalue weighted by atomic mass is 32.2. The van der Waals surface area contributed by atoms with Gasteiger partial charge in [-0.1, -0.05) is 32.0 Å².